The first-order valence-corrected chi connectivity index (χ1v) is 5.78. The number of aromatic nitrogens is 2. The van der Waals surface area contributed by atoms with Crippen LogP contribution in [0.25, 0.3) is 0 Å². The third-order valence-corrected chi connectivity index (χ3v) is 2.68. The summed E-state index contributed by atoms with van der Waals surface area (Å²) in [6.07, 6.45) is 5.40. The number of benzene rings is 1. The lowest BCUT2D eigenvalue weighted by Gasteiger charge is -2.07. The van der Waals surface area contributed by atoms with Gasteiger partial charge < -0.3 is 14.6 Å². The van der Waals surface area contributed by atoms with Crippen LogP contribution in [0.3, 0.4) is 0 Å². The standard InChI is InChI=1S/C13H16FN3O/c1-18-12-3-2-11(13(14)8-12)9-15-4-6-17-7-5-16-10-17/h2-3,5,7-8,10,15H,4,6,9H2,1H3. The van der Waals surface area contributed by atoms with Gasteiger partial charge in [-0.15, -0.1) is 0 Å². The van der Waals surface area contributed by atoms with Crippen LogP contribution < -0.4 is 10.1 Å². The number of imidazole rings is 1. The average Bonchev–Trinajstić information content (AvgIpc) is 2.89. The summed E-state index contributed by atoms with van der Waals surface area (Å²) in [6.45, 7) is 2.09. The van der Waals surface area contributed by atoms with E-state index in [9.17, 15) is 4.39 Å². The highest BCUT2D eigenvalue weighted by molar-refractivity contribution is 5.28. The molecule has 0 atom stereocenters. The van der Waals surface area contributed by atoms with E-state index in [0.717, 1.165) is 13.1 Å². The van der Waals surface area contributed by atoms with Crippen molar-refractivity contribution in [1.29, 1.82) is 0 Å². The summed E-state index contributed by atoms with van der Waals surface area (Å²) in [5, 5.41) is 3.19. The molecular weight excluding hydrogens is 233 g/mol. The predicted molar refractivity (Wildman–Crippen MR) is 66.9 cm³/mol. The summed E-state index contributed by atoms with van der Waals surface area (Å²) in [7, 11) is 1.53. The van der Waals surface area contributed by atoms with Gasteiger partial charge >= 0.3 is 0 Å². The van der Waals surface area contributed by atoms with E-state index in [1.807, 2.05) is 10.8 Å². The van der Waals surface area contributed by atoms with Crippen molar-refractivity contribution in [3.8, 4) is 5.75 Å². The molecule has 0 saturated carbocycles. The van der Waals surface area contributed by atoms with Crippen LogP contribution >= 0.6 is 0 Å². The Bertz CT molecular complexity index is 485. The minimum Gasteiger partial charge on any atom is -0.497 e. The fourth-order valence-electron chi connectivity index (χ4n) is 1.65. The lowest BCUT2D eigenvalue weighted by Crippen LogP contribution is -2.19. The molecule has 4 nitrogen and oxygen atoms in total. The van der Waals surface area contributed by atoms with Gasteiger partial charge in [0, 0.05) is 43.7 Å². The number of nitrogens with one attached hydrogen (secondary N) is 1. The van der Waals surface area contributed by atoms with Crippen molar-refractivity contribution in [3.05, 3.63) is 48.3 Å². The highest BCUT2D eigenvalue weighted by atomic mass is 19.1. The van der Waals surface area contributed by atoms with Crippen molar-refractivity contribution in [2.75, 3.05) is 13.7 Å². The molecule has 0 aliphatic heterocycles. The number of hydrogen-bond acceptors (Lipinski definition) is 3. The molecule has 5 heteroatoms. The van der Waals surface area contributed by atoms with Crippen molar-refractivity contribution in [2.45, 2.75) is 13.1 Å². The molecule has 0 aliphatic rings. The molecule has 1 aromatic carbocycles. The topological polar surface area (TPSA) is 39.1 Å². The maximum atomic E-state index is 13.6. The van der Waals surface area contributed by atoms with Gasteiger partial charge in [0.1, 0.15) is 11.6 Å². The number of ether oxygens (including phenoxy) is 1. The van der Waals surface area contributed by atoms with Gasteiger partial charge in [0.15, 0.2) is 0 Å². The molecule has 0 unspecified atom stereocenters. The molecule has 1 aromatic heterocycles. The molecule has 18 heavy (non-hydrogen) atoms. The van der Waals surface area contributed by atoms with Gasteiger partial charge in [0.2, 0.25) is 0 Å². The number of nitrogens with zero attached hydrogens (tertiary/aromatic N) is 2. The molecule has 96 valence electrons. The zero-order valence-corrected chi connectivity index (χ0v) is 10.3. The molecule has 0 saturated heterocycles. The molecule has 2 rings (SSSR count). The first-order chi connectivity index (χ1) is 8.79. The van der Waals surface area contributed by atoms with Gasteiger partial charge in [-0.3, -0.25) is 0 Å². The lowest BCUT2D eigenvalue weighted by molar-refractivity contribution is 0.410. The highest BCUT2D eigenvalue weighted by Gasteiger charge is 2.03. The van der Waals surface area contributed by atoms with Gasteiger partial charge in [-0.1, -0.05) is 6.07 Å². The van der Waals surface area contributed by atoms with Crippen molar-refractivity contribution < 1.29 is 9.13 Å². The lowest BCUT2D eigenvalue weighted by atomic mass is 10.2. The fourth-order valence-corrected chi connectivity index (χ4v) is 1.65. The highest BCUT2D eigenvalue weighted by Crippen LogP contribution is 2.15. The van der Waals surface area contributed by atoms with E-state index in [1.54, 1.807) is 24.7 Å². The van der Waals surface area contributed by atoms with Crippen LogP contribution in [-0.4, -0.2) is 23.2 Å². The van der Waals surface area contributed by atoms with E-state index in [1.165, 1.54) is 13.2 Å². The second-order valence-electron chi connectivity index (χ2n) is 3.93. The normalized spacial score (nSPS) is 10.6. The van der Waals surface area contributed by atoms with E-state index >= 15 is 0 Å². The van der Waals surface area contributed by atoms with Crippen LogP contribution in [0.5, 0.6) is 5.75 Å². The van der Waals surface area contributed by atoms with Gasteiger partial charge in [-0.2, -0.15) is 0 Å². The summed E-state index contributed by atoms with van der Waals surface area (Å²) in [5.41, 5.74) is 0.640. The molecule has 0 aliphatic carbocycles. The van der Waals surface area contributed by atoms with Crippen LogP contribution in [0.1, 0.15) is 5.56 Å². The number of hydrogen-bond donors (Lipinski definition) is 1. The third kappa shape index (κ3) is 3.30. The summed E-state index contributed by atoms with van der Waals surface area (Å²) in [6, 6.07) is 4.89. The Morgan fingerprint density at radius 3 is 3.00 bits per heavy atom. The second kappa shape index (κ2) is 6.16. The zero-order chi connectivity index (χ0) is 12.8. The fraction of sp³-hybridized carbons (Fsp3) is 0.308. The monoisotopic (exact) mass is 249 g/mol. The van der Waals surface area contributed by atoms with E-state index in [-0.39, 0.29) is 5.82 Å². The summed E-state index contributed by atoms with van der Waals surface area (Å²) >= 11 is 0. The van der Waals surface area contributed by atoms with Crippen LogP contribution in [0, 0.1) is 5.82 Å². The van der Waals surface area contributed by atoms with Crippen LogP contribution in [-0.2, 0) is 13.1 Å². The van der Waals surface area contributed by atoms with Crippen LogP contribution in [0.15, 0.2) is 36.9 Å². The Labute approximate surface area is 105 Å². The van der Waals surface area contributed by atoms with Gasteiger partial charge in [0.05, 0.1) is 13.4 Å². The molecule has 0 amide bonds. The molecule has 1 N–H and O–H groups in total. The first-order valence-electron chi connectivity index (χ1n) is 5.78. The van der Waals surface area contributed by atoms with Crippen molar-refractivity contribution in [3.63, 3.8) is 0 Å². The first kappa shape index (κ1) is 12.6. The number of methoxy groups -OCH3 is 1. The molecular formula is C13H16FN3O. The van der Waals surface area contributed by atoms with E-state index in [4.69, 9.17) is 4.74 Å². The number of halogens is 1. The Balaban J connectivity index is 1.79. The van der Waals surface area contributed by atoms with Crippen LogP contribution in [0.4, 0.5) is 4.39 Å². The largest absolute Gasteiger partial charge is 0.497 e. The molecule has 0 spiro atoms. The molecule has 0 bridgehead atoms. The van der Waals surface area contributed by atoms with Gasteiger partial charge in [0.25, 0.3) is 0 Å². The van der Waals surface area contributed by atoms with Gasteiger partial charge in [-0.05, 0) is 6.07 Å². The maximum absolute atomic E-state index is 13.6. The van der Waals surface area contributed by atoms with Crippen LogP contribution in [0.2, 0.25) is 0 Å². The average molecular weight is 249 g/mol. The zero-order valence-electron chi connectivity index (χ0n) is 10.3. The summed E-state index contributed by atoms with van der Waals surface area (Å²) in [4.78, 5) is 3.95. The Morgan fingerprint density at radius 1 is 1.44 bits per heavy atom. The Kier molecular flexibility index (Phi) is 4.30. The van der Waals surface area contributed by atoms with Crippen molar-refractivity contribution in [2.24, 2.45) is 0 Å². The SMILES string of the molecule is COc1ccc(CNCCn2ccnc2)c(F)c1. The summed E-state index contributed by atoms with van der Waals surface area (Å²) in [5.74, 6) is 0.291. The van der Waals surface area contributed by atoms with E-state index in [2.05, 4.69) is 10.3 Å². The predicted octanol–water partition coefficient (Wildman–Crippen LogP) is 1.82. The molecule has 0 fully saturated rings. The van der Waals surface area contributed by atoms with Crippen molar-refractivity contribution >= 4 is 0 Å². The van der Waals surface area contributed by atoms with E-state index in [0.29, 0.717) is 17.9 Å². The molecule has 0 radical (unpaired) electrons. The minimum atomic E-state index is -0.246. The van der Waals surface area contributed by atoms with Crippen molar-refractivity contribution in [1.82, 2.24) is 14.9 Å². The molecule has 2 aromatic rings. The smallest absolute Gasteiger partial charge is 0.131 e. The van der Waals surface area contributed by atoms with Gasteiger partial charge in [-0.25, -0.2) is 9.37 Å². The third-order valence-electron chi connectivity index (χ3n) is 2.68. The minimum absolute atomic E-state index is 0.246. The Hall–Kier alpha value is -1.88. The quantitative estimate of drug-likeness (QED) is 0.794. The van der Waals surface area contributed by atoms with E-state index < -0.39 is 0 Å². The molecule has 1 heterocycles. The summed E-state index contributed by atoms with van der Waals surface area (Å²) < 4.78 is 20.5. The maximum Gasteiger partial charge on any atom is 0.131 e. The number of rotatable bonds is 6. The Morgan fingerprint density at radius 2 is 2.33 bits per heavy atom. The second-order valence-corrected chi connectivity index (χ2v) is 3.93.